The Bertz CT molecular complexity index is 582. The zero-order valence-electron chi connectivity index (χ0n) is 13.0. The van der Waals surface area contributed by atoms with Gasteiger partial charge in [0.25, 0.3) is -0.379 Å². The number of hydrogen-bond donors (Lipinski definition) is 2. The molecule has 0 bridgehead atoms. The number of likely N-dealkylation sites (tertiary alicyclic amines) is 1. The number of anilines is 1. The molecule has 1 heterocycles. The van der Waals surface area contributed by atoms with Crippen LogP contribution in [0.1, 0.15) is 19.8 Å². The highest BCUT2D eigenvalue weighted by atomic mass is 127. The Kier molecular flexibility index (Phi) is 7.64. The molecule has 0 aliphatic carbocycles. The van der Waals surface area contributed by atoms with Crippen molar-refractivity contribution in [3.05, 3.63) is 24.3 Å². The molecular formula is C15H18I3N3O3. The third-order valence-electron chi connectivity index (χ3n) is 3.62. The molecule has 2 N–H and O–H groups in total. The Hall–Kier alpha value is -0.0500. The minimum absolute atomic E-state index is 0.0914. The van der Waals surface area contributed by atoms with Crippen molar-refractivity contribution in [3.63, 3.8) is 0 Å². The zero-order chi connectivity index (χ0) is 17.7. The van der Waals surface area contributed by atoms with Crippen LogP contribution >= 0.6 is 67.8 Å². The highest BCUT2D eigenvalue weighted by Gasteiger charge is 2.22. The predicted molar refractivity (Wildman–Crippen MR) is 119 cm³/mol. The molecule has 0 saturated carbocycles. The van der Waals surface area contributed by atoms with Crippen LogP contribution in [0.5, 0.6) is 5.75 Å². The molecule has 0 radical (unpaired) electrons. The normalized spacial score (nSPS) is 15.8. The molecule has 1 aromatic rings. The fraction of sp³-hybridized carbons (Fsp3) is 0.467. The second-order valence-corrected chi connectivity index (χ2v) is 16.2. The molecule has 0 atom stereocenters. The van der Waals surface area contributed by atoms with E-state index in [0.29, 0.717) is 18.8 Å². The van der Waals surface area contributed by atoms with Crippen molar-refractivity contribution >= 4 is 85.4 Å². The number of nitrogens with zero attached hydrogens (tertiary/aromatic N) is 1. The summed E-state index contributed by atoms with van der Waals surface area (Å²) in [5.74, 6) is 0.838. The molecule has 1 aromatic carbocycles. The first-order chi connectivity index (χ1) is 11.2. The number of alkyl halides is 3. The molecule has 24 heavy (non-hydrogen) atoms. The van der Waals surface area contributed by atoms with E-state index in [1.54, 1.807) is 6.92 Å². The van der Waals surface area contributed by atoms with E-state index in [-0.39, 0.29) is 17.6 Å². The molecule has 1 aliphatic rings. The molecule has 6 nitrogen and oxygen atoms in total. The number of carbonyl (C=O) groups is 2. The van der Waals surface area contributed by atoms with E-state index in [0.717, 1.165) is 18.6 Å². The molecule has 132 valence electrons. The smallest absolute Gasteiger partial charge is 0.319 e. The molecular weight excluding hydrogens is 651 g/mol. The maximum atomic E-state index is 12.1. The fourth-order valence-electron chi connectivity index (χ4n) is 2.43. The van der Waals surface area contributed by atoms with Gasteiger partial charge in [-0.2, -0.15) is 0 Å². The molecule has 0 aromatic heterocycles. The SMILES string of the molecule is CC(=O)N1CCC(NC(=O)Nc2ccc(OC(I)(I)I)cc2)CC1. The van der Waals surface area contributed by atoms with Gasteiger partial charge in [-0.15, -0.1) is 0 Å². The molecule has 0 spiro atoms. The van der Waals surface area contributed by atoms with Crippen LogP contribution in [0.3, 0.4) is 0 Å². The van der Waals surface area contributed by atoms with Crippen LogP contribution in [-0.4, -0.2) is 35.6 Å². The van der Waals surface area contributed by atoms with E-state index in [1.165, 1.54) is 0 Å². The Morgan fingerprint density at radius 2 is 1.75 bits per heavy atom. The number of rotatable bonds is 4. The third kappa shape index (κ3) is 7.06. The van der Waals surface area contributed by atoms with E-state index in [4.69, 9.17) is 4.74 Å². The lowest BCUT2D eigenvalue weighted by atomic mass is 10.1. The second kappa shape index (κ2) is 9.05. The first-order valence-electron chi connectivity index (χ1n) is 7.42. The summed E-state index contributed by atoms with van der Waals surface area (Å²) < 4.78 is 5.37. The lowest BCUT2D eigenvalue weighted by Gasteiger charge is -2.31. The summed E-state index contributed by atoms with van der Waals surface area (Å²) in [5.41, 5.74) is 0.710. The maximum absolute atomic E-state index is 12.1. The summed E-state index contributed by atoms with van der Waals surface area (Å²) in [7, 11) is 0. The highest BCUT2D eigenvalue weighted by molar-refractivity contribution is 14.3. The number of amides is 3. The predicted octanol–water partition coefficient (Wildman–Crippen LogP) is 4.11. The van der Waals surface area contributed by atoms with E-state index in [2.05, 4.69) is 78.4 Å². The summed E-state index contributed by atoms with van der Waals surface area (Å²) in [5, 5.41) is 5.78. The second-order valence-electron chi connectivity index (χ2n) is 5.45. The Morgan fingerprint density at radius 1 is 1.17 bits per heavy atom. The summed E-state index contributed by atoms with van der Waals surface area (Å²) >= 11 is 6.57. The number of halogens is 3. The van der Waals surface area contributed by atoms with Gasteiger partial charge in [0.15, 0.2) is 0 Å². The van der Waals surface area contributed by atoms with Gasteiger partial charge in [-0.05, 0) is 105 Å². The average molecular weight is 669 g/mol. The monoisotopic (exact) mass is 669 g/mol. The molecule has 0 unspecified atom stereocenters. The van der Waals surface area contributed by atoms with Gasteiger partial charge in [-0.3, -0.25) is 4.79 Å². The van der Waals surface area contributed by atoms with Gasteiger partial charge >= 0.3 is 6.03 Å². The van der Waals surface area contributed by atoms with E-state index < -0.39 is 0 Å². The van der Waals surface area contributed by atoms with Crippen LogP contribution in [0, 0.1) is 0 Å². The molecule has 1 fully saturated rings. The molecule has 9 heteroatoms. The Morgan fingerprint density at radius 3 is 2.25 bits per heavy atom. The van der Waals surface area contributed by atoms with Gasteiger partial charge in [0.1, 0.15) is 5.75 Å². The van der Waals surface area contributed by atoms with Crippen LogP contribution in [0.2, 0.25) is 0 Å². The van der Waals surface area contributed by atoms with Crippen molar-refractivity contribution in [1.82, 2.24) is 10.2 Å². The van der Waals surface area contributed by atoms with Crippen LogP contribution < -0.4 is 15.4 Å². The van der Waals surface area contributed by atoms with E-state index in [1.807, 2.05) is 29.2 Å². The lowest BCUT2D eigenvalue weighted by Crippen LogP contribution is -2.47. The largest absolute Gasteiger partial charge is 0.459 e. The number of hydrogen-bond acceptors (Lipinski definition) is 3. The van der Waals surface area contributed by atoms with Crippen LogP contribution in [0.4, 0.5) is 10.5 Å². The number of ether oxygens (including phenoxy) is 1. The molecule has 3 amide bonds. The lowest BCUT2D eigenvalue weighted by molar-refractivity contribution is -0.129. The Balaban J connectivity index is 1.79. The summed E-state index contributed by atoms with van der Waals surface area (Å²) in [6.45, 7) is 2.96. The van der Waals surface area contributed by atoms with Crippen molar-refractivity contribution in [2.24, 2.45) is 0 Å². The van der Waals surface area contributed by atoms with Gasteiger partial charge < -0.3 is 20.3 Å². The standard InChI is InChI=1S/C15H18I3N3O3/c1-10(22)21-8-6-12(7-9-21)20-14(23)19-11-2-4-13(5-3-11)24-15(16,17)18/h2-5,12H,6-9H2,1H3,(H2,19,20,23). The van der Waals surface area contributed by atoms with Gasteiger partial charge in [0.2, 0.25) is 5.91 Å². The van der Waals surface area contributed by atoms with Gasteiger partial charge in [-0.25, -0.2) is 4.79 Å². The minimum atomic E-state index is -0.339. The number of urea groups is 1. The maximum Gasteiger partial charge on any atom is 0.319 e. The number of piperidine rings is 1. The van der Waals surface area contributed by atoms with Crippen molar-refractivity contribution in [3.8, 4) is 5.75 Å². The topological polar surface area (TPSA) is 70.7 Å². The minimum Gasteiger partial charge on any atom is -0.459 e. The quantitative estimate of drug-likeness (QED) is 0.375. The molecule has 1 aliphatic heterocycles. The van der Waals surface area contributed by atoms with Crippen molar-refractivity contribution < 1.29 is 14.3 Å². The first kappa shape index (κ1) is 20.3. The van der Waals surface area contributed by atoms with E-state index >= 15 is 0 Å². The summed E-state index contributed by atoms with van der Waals surface area (Å²) in [4.78, 5) is 25.2. The van der Waals surface area contributed by atoms with E-state index in [9.17, 15) is 9.59 Å². The first-order valence-corrected chi connectivity index (χ1v) is 10.7. The van der Waals surface area contributed by atoms with Crippen molar-refractivity contribution in [2.45, 2.75) is 25.4 Å². The highest BCUT2D eigenvalue weighted by Crippen LogP contribution is 2.37. The fourth-order valence-corrected chi connectivity index (χ4v) is 3.19. The number of benzene rings is 1. The molecule has 1 saturated heterocycles. The van der Waals surface area contributed by atoms with Crippen LogP contribution in [0.15, 0.2) is 24.3 Å². The van der Waals surface area contributed by atoms with Crippen LogP contribution in [-0.2, 0) is 4.79 Å². The molecule has 2 rings (SSSR count). The van der Waals surface area contributed by atoms with Crippen molar-refractivity contribution in [1.29, 1.82) is 0 Å². The van der Waals surface area contributed by atoms with Crippen molar-refractivity contribution in [2.75, 3.05) is 18.4 Å². The number of nitrogens with one attached hydrogen (secondary N) is 2. The van der Waals surface area contributed by atoms with Gasteiger partial charge in [0.05, 0.1) is 0 Å². The van der Waals surface area contributed by atoms with Gasteiger partial charge in [-0.1, -0.05) is 0 Å². The average Bonchev–Trinajstić information content (AvgIpc) is 2.48. The summed E-state index contributed by atoms with van der Waals surface area (Å²) in [6.07, 6.45) is 1.56. The number of carbonyl (C=O) groups excluding carboxylic acids is 2. The van der Waals surface area contributed by atoms with Gasteiger partial charge in [0, 0.05) is 31.7 Å². The zero-order valence-corrected chi connectivity index (χ0v) is 19.5. The summed E-state index contributed by atoms with van der Waals surface area (Å²) in [6, 6.07) is 7.14. The van der Waals surface area contributed by atoms with Crippen LogP contribution in [0.25, 0.3) is 0 Å². The third-order valence-corrected chi connectivity index (χ3v) is 4.28. The Labute approximate surface area is 182 Å².